The largest absolute Gasteiger partial charge is 0.461 e. The van der Waals surface area contributed by atoms with E-state index in [1.807, 2.05) is 31.2 Å². The summed E-state index contributed by atoms with van der Waals surface area (Å²) in [5.74, 6) is -0.967. The van der Waals surface area contributed by atoms with E-state index in [0.29, 0.717) is 0 Å². The molecule has 1 aliphatic rings. The zero-order valence-corrected chi connectivity index (χ0v) is 10.3. The highest BCUT2D eigenvalue weighted by Crippen LogP contribution is 2.18. The fraction of sp³-hybridized carbons (Fsp3) is 0.308. The summed E-state index contributed by atoms with van der Waals surface area (Å²) in [6.07, 6.45) is 0. The third-order valence-corrected chi connectivity index (χ3v) is 2.58. The van der Waals surface area contributed by atoms with Gasteiger partial charge in [-0.15, -0.1) is 0 Å². The molecule has 1 heterocycles. The lowest BCUT2D eigenvalue weighted by atomic mass is 10.2. The van der Waals surface area contributed by atoms with Crippen molar-refractivity contribution < 1.29 is 14.3 Å². The van der Waals surface area contributed by atoms with Crippen LogP contribution in [0, 0.1) is 6.92 Å². The minimum Gasteiger partial charge on any atom is -0.461 e. The molecule has 0 aliphatic carbocycles. The molecule has 1 aliphatic heterocycles. The zero-order valence-electron chi connectivity index (χ0n) is 10.3. The first-order chi connectivity index (χ1) is 8.61. The Hall–Kier alpha value is -2.17. The van der Waals surface area contributed by atoms with Crippen LogP contribution in [0.3, 0.4) is 0 Å². The van der Waals surface area contributed by atoms with Crippen molar-refractivity contribution in [2.45, 2.75) is 13.8 Å². The van der Waals surface area contributed by atoms with Crippen LogP contribution in [0.4, 0.5) is 5.69 Å². The minimum atomic E-state index is -0.655. The molecule has 0 amide bonds. The Morgan fingerprint density at radius 3 is 2.67 bits per heavy atom. The van der Waals surface area contributed by atoms with Crippen LogP contribution in [0.5, 0.6) is 0 Å². The molecule has 0 radical (unpaired) electrons. The van der Waals surface area contributed by atoms with Crippen molar-refractivity contribution in [1.82, 2.24) is 0 Å². The van der Waals surface area contributed by atoms with Crippen molar-refractivity contribution in [1.29, 1.82) is 0 Å². The van der Waals surface area contributed by atoms with Gasteiger partial charge in [-0.1, -0.05) is 17.7 Å². The van der Waals surface area contributed by atoms with Gasteiger partial charge < -0.3 is 4.74 Å². The number of hydrogen-bond donors (Lipinski definition) is 0. The molecule has 5 nitrogen and oxygen atoms in total. The quantitative estimate of drug-likeness (QED) is 0.754. The van der Waals surface area contributed by atoms with E-state index in [1.54, 1.807) is 6.92 Å². The first kappa shape index (κ1) is 12.3. The molecule has 18 heavy (non-hydrogen) atoms. The van der Waals surface area contributed by atoms with Crippen molar-refractivity contribution in [3.63, 3.8) is 0 Å². The van der Waals surface area contributed by atoms with Crippen molar-refractivity contribution in [2.75, 3.05) is 18.2 Å². The number of benzene rings is 1. The molecule has 0 aromatic heterocycles. The Labute approximate surface area is 105 Å². The van der Waals surface area contributed by atoms with Crippen LogP contribution in [-0.2, 0) is 14.3 Å². The fourth-order valence-electron chi connectivity index (χ4n) is 1.64. The molecular weight excluding hydrogens is 232 g/mol. The number of hydrogen-bond acceptors (Lipinski definition) is 5. The lowest BCUT2D eigenvalue weighted by Crippen LogP contribution is -2.25. The van der Waals surface area contributed by atoms with Gasteiger partial charge in [-0.25, -0.2) is 4.79 Å². The van der Waals surface area contributed by atoms with E-state index >= 15 is 0 Å². The average Bonchev–Trinajstić information content (AvgIpc) is 2.72. The van der Waals surface area contributed by atoms with Crippen LogP contribution in [0.1, 0.15) is 12.5 Å². The number of aryl methyl sites for hydroxylation is 1. The Morgan fingerprint density at radius 2 is 2.06 bits per heavy atom. The molecule has 5 heteroatoms. The summed E-state index contributed by atoms with van der Waals surface area (Å²) in [5.41, 5.74) is 1.78. The van der Waals surface area contributed by atoms with Gasteiger partial charge in [-0.2, -0.15) is 5.10 Å². The number of ether oxygens (including phenoxy) is 1. The van der Waals surface area contributed by atoms with Crippen molar-refractivity contribution >= 4 is 23.2 Å². The molecule has 0 spiro atoms. The predicted octanol–water partition coefficient (Wildman–Crippen LogP) is 1.30. The summed E-state index contributed by atoms with van der Waals surface area (Å²) in [5, 5.41) is 5.52. The van der Waals surface area contributed by atoms with E-state index in [9.17, 15) is 9.59 Å². The normalized spacial score (nSPS) is 14.7. The highest BCUT2D eigenvalue weighted by molar-refractivity contribution is 6.66. The number of rotatable bonds is 3. The van der Waals surface area contributed by atoms with Gasteiger partial charge in [0.2, 0.25) is 11.5 Å². The lowest BCUT2D eigenvalue weighted by Gasteiger charge is -2.12. The van der Waals surface area contributed by atoms with E-state index in [1.165, 1.54) is 5.01 Å². The van der Waals surface area contributed by atoms with Gasteiger partial charge in [-0.3, -0.25) is 9.80 Å². The maximum absolute atomic E-state index is 11.7. The Balaban J connectivity index is 2.20. The minimum absolute atomic E-state index is 0.0806. The number of carbonyl (C=O) groups excluding carboxylic acids is 2. The van der Waals surface area contributed by atoms with Gasteiger partial charge in [0.15, 0.2) is 0 Å². The topological polar surface area (TPSA) is 59.0 Å². The first-order valence-electron chi connectivity index (χ1n) is 5.75. The summed E-state index contributed by atoms with van der Waals surface area (Å²) in [6, 6.07) is 7.58. The molecule has 1 aromatic carbocycles. The SMILES string of the molecule is CCOC(=O)C1=NN(c2ccc(C)cc2)CC1=O. The third-order valence-electron chi connectivity index (χ3n) is 2.58. The summed E-state index contributed by atoms with van der Waals surface area (Å²) >= 11 is 0. The van der Waals surface area contributed by atoms with Crippen LogP contribution in [0.25, 0.3) is 0 Å². The van der Waals surface area contributed by atoms with E-state index in [4.69, 9.17) is 4.74 Å². The van der Waals surface area contributed by atoms with Crippen LogP contribution in [-0.4, -0.2) is 30.6 Å². The van der Waals surface area contributed by atoms with Crippen LogP contribution in [0.2, 0.25) is 0 Å². The zero-order chi connectivity index (χ0) is 13.1. The number of nitrogens with zero attached hydrogens (tertiary/aromatic N) is 2. The second kappa shape index (κ2) is 5.00. The molecule has 2 rings (SSSR count). The molecule has 0 bridgehead atoms. The van der Waals surface area contributed by atoms with Crippen LogP contribution in [0.15, 0.2) is 29.4 Å². The molecule has 1 aromatic rings. The number of esters is 1. The van der Waals surface area contributed by atoms with Crippen molar-refractivity contribution in [3.05, 3.63) is 29.8 Å². The standard InChI is InChI=1S/C13H14N2O3/c1-3-18-13(17)12-11(16)8-15(14-12)10-6-4-9(2)5-7-10/h4-7H,3,8H2,1-2H3. The molecule has 0 fully saturated rings. The van der Waals surface area contributed by atoms with Crippen LogP contribution < -0.4 is 5.01 Å². The van der Waals surface area contributed by atoms with E-state index in [0.717, 1.165) is 11.3 Å². The Kier molecular flexibility index (Phi) is 3.41. The van der Waals surface area contributed by atoms with E-state index in [-0.39, 0.29) is 24.6 Å². The highest BCUT2D eigenvalue weighted by atomic mass is 16.5. The molecule has 0 unspecified atom stereocenters. The Morgan fingerprint density at radius 1 is 1.39 bits per heavy atom. The molecular formula is C13H14N2O3. The number of hydrazone groups is 1. The average molecular weight is 246 g/mol. The van der Waals surface area contributed by atoms with Gasteiger partial charge in [0.05, 0.1) is 12.3 Å². The maximum Gasteiger partial charge on any atom is 0.362 e. The first-order valence-corrected chi connectivity index (χ1v) is 5.75. The van der Waals surface area contributed by atoms with Gasteiger partial charge in [0.1, 0.15) is 6.54 Å². The van der Waals surface area contributed by atoms with Gasteiger partial charge >= 0.3 is 5.97 Å². The summed E-state index contributed by atoms with van der Waals surface area (Å²) in [7, 11) is 0. The molecule has 0 saturated heterocycles. The van der Waals surface area contributed by atoms with Crippen molar-refractivity contribution in [2.24, 2.45) is 5.10 Å². The number of anilines is 1. The number of ketones is 1. The van der Waals surface area contributed by atoms with Gasteiger partial charge in [0, 0.05) is 0 Å². The maximum atomic E-state index is 11.7. The summed E-state index contributed by atoms with van der Waals surface area (Å²) in [6.45, 7) is 3.98. The molecule has 94 valence electrons. The van der Waals surface area contributed by atoms with Gasteiger partial charge in [0.25, 0.3) is 0 Å². The summed E-state index contributed by atoms with van der Waals surface area (Å²) in [4.78, 5) is 23.2. The third kappa shape index (κ3) is 2.40. The van der Waals surface area contributed by atoms with E-state index in [2.05, 4.69) is 5.10 Å². The van der Waals surface area contributed by atoms with Crippen LogP contribution >= 0.6 is 0 Å². The smallest absolute Gasteiger partial charge is 0.362 e. The Bertz CT molecular complexity index is 505. The predicted molar refractivity (Wildman–Crippen MR) is 67.6 cm³/mol. The molecule has 0 atom stereocenters. The second-order valence-electron chi connectivity index (χ2n) is 3.99. The van der Waals surface area contributed by atoms with Gasteiger partial charge in [-0.05, 0) is 26.0 Å². The number of carbonyl (C=O) groups is 2. The number of Topliss-reactive ketones (excluding diaryl/α,β-unsaturated/α-hetero) is 1. The monoisotopic (exact) mass is 246 g/mol. The van der Waals surface area contributed by atoms with Crippen molar-refractivity contribution in [3.8, 4) is 0 Å². The summed E-state index contributed by atoms with van der Waals surface area (Å²) < 4.78 is 4.78. The van der Waals surface area contributed by atoms with E-state index < -0.39 is 5.97 Å². The lowest BCUT2D eigenvalue weighted by molar-refractivity contribution is -0.135. The fourth-order valence-corrected chi connectivity index (χ4v) is 1.64. The molecule has 0 saturated carbocycles. The molecule has 0 N–H and O–H groups in total. The highest BCUT2D eigenvalue weighted by Gasteiger charge is 2.31. The second-order valence-corrected chi connectivity index (χ2v) is 3.99.